The Kier molecular flexibility index (Phi) is 3.90. The molecule has 104 valence electrons. The first-order valence-electron chi connectivity index (χ1n) is 5.79. The van der Waals surface area contributed by atoms with E-state index in [0.29, 0.717) is 5.56 Å². The van der Waals surface area contributed by atoms with Crippen LogP contribution >= 0.6 is 0 Å². The molecule has 0 fully saturated rings. The van der Waals surface area contributed by atoms with Gasteiger partial charge in [-0.05, 0) is 12.1 Å². The van der Waals surface area contributed by atoms with Gasteiger partial charge >= 0.3 is 0 Å². The average Bonchev–Trinajstić information content (AvgIpc) is 2.48. The van der Waals surface area contributed by atoms with Crippen molar-refractivity contribution in [2.24, 2.45) is 5.73 Å². The highest BCUT2D eigenvalue weighted by Gasteiger charge is 2.15. The van der Waals surface area contributed by atoms with Crippen molar-refractivity contribution in [2.45, 2.75) is 0 Å². The number of hydrogen-bond donors (Lipinski definition) is 1. The third-order valence-corrected chi connectivity index (χ3v) is 2.79. The van der Waals surface area contributed by atoms with E-state index in [9.17, 15) is 19.8 Å². The van der Waals surface area contributed by atoms with Crippen molar-refractivity contribution >= 4 is 17.0 Å². The number of nitro groups is 1. The van der Waals surface area contributed by atoms with Gasteiger partial charge in [0.2, 0.25) is 0 Å². The van der Waals surface area contributed by atoms with Crippen molar-refractivity contribution in [3.05, 3.63) is 69.8 Å². The van der Waals surface area contributed by atoms with E-state index in [2.05, 4.69) is 4.98 Å². The molecule has 6 nitrogen and oxygen atoms in total. The summed E-state index contributed by atoms with van der Waals surface area (Å²) >= 11 is 0. The maximum atomic E-state index is 13.9. The fourth-order valence-corrected chi connectivity index (χ4v) is 1.76. The van der Waals surface area contributed by atoms with Crippen LogP contribution in [0.25, 0.3) is 11.3 Å². The number of aromatic nitrogens is 1. The Bertz CT molecular complexity index is 766. The molecule has 0 bridgehead atoms. The molecule has 0 saturated heterocycles. The van der Waals surface area contributed by atoms with Crippen molar-refractivity contribution in [3.8, 4) is 6.07 Å². The Morgan fingerprint density at radius 3 is 2.71 bits per heavy atom. The molecule has 0 spiro atoms. The topological polar surface area (TPSA) is 106 Å². The van der Waals surface area contributed by atoms with Gasteiger partial charge in [0.15, 0.2) is 0 Å². The fourth-order valence-electron chi connectivity index (χ4n) is 1.76. The average molecular weight is 284 g/mol. The Labute approximate surface area is 119 Å². The molecule has 21 heavy (non-hydrogen) atoms. The minimum absolute atomic E-state index is 0.0517. The molecule has 2 rings (SSSR count). The minimum atomic E-state index is -0.863. The highest BCUT2D eigenvalue weighted by molar-refractivity contribution is 5.96. The Hall–Kier alpha value is -3.27. The third-order valence-electron chi connectivity index (χ3n) is 2.79. The van der Waals surface area contributed by atoms with Gasteiger partial charge in [0.05, 0.1) is 22.3 Å². The Morgan fingerprint density at radius 2 is 2.19 bits per heavy atom. The number of pyridine rings is 1. The van der Waals surface area contributed by atoms with Gasteiger partial charge < -0.3 is 5.73 Å². The summed E-state index contributed by atoms with van der Waals surface area (Å²) in [5, 5.41) is 19.8. The summed E-state index contributed by atoms with van der Waals surface area (Å²) in [6.45, 7) is 0. The SMILES string of the molecule is N#C/C(=C(/N)c1ccc([N+](=O)[O-])cc1F)c1cccnc1. The number of hydrogen-bond acceptors (Lipinski definition) is 5. The van der Waals surface area contributed by atoms with Crippen LogP contribution in [0.1, 0.15) is 11.1 Å². The lowest BCUT2D eigenvalue weighted by atomic mass is 10.0. The van der Waals surface area contributed by atoms with Crippen LogP contribution in [0.5, 0.6) is 0 Å². The van der Waals surface area contributed by atoms with Crippen LogP contribution < -0.4 is 5.73 Å². The Balaban J connectivity index is 2.57. The summed E-state index contributed by atoms with van der Waals surface area (Å²) in [6.07, 6.45) is 2.95. The monoisotopic (exact) mass is 284 g/mol. The van der Waals surface area contributed by atoms with Gasteiger partial charge in [-0.2, -0.15) is 5.26 Å². The lowest BCUT2D eigenvalue weighted by molar-refractivity contribution is -0.385. The molecule has 2 N–H and O–H groups in total. The largest absolute Gasteiger partial charge is 0.397 e. The summed E-state index contributed by atoms with van der Waals surface area (Å²) in [4.78, 5) is 13.7. The van der Waals surface area contributed by atoms with E-state index in [1.165, 1.54) is 18.5 Å². The number of nitro benzene ring substituents is 1. The molecule has 0 unspecified atom stereocenters. The van der Waals surface area contributed by atoms with Gasteiger partial charge in [-0.25, -0.2) is 4.39 Å². The van der Waals surface area contributed by atoms with E-state index < -0.39 is 10.7 Å². The quantitative estimate of drug-likeness (QED) is 0.529. The fraction of sp³-hybridized carbons (Fsp3) is 0. The second-order valence-electron chi connectivity index (χ2n) is 4.06. The summed E-state index contributed by atoms with van der Waals surface area (Å²) in [5.41, 5.74) is 5.77. The lowest BCUT2D eigenvalue weighted by Crippen LogP contribution is -2.04. The van der Waals surface area contributed by atoms with Crippen molar-refractivity contribution in [3.63, 3.8) is 0 Å². The molecule has 0 aliphatic rings. The molecular weight excluding hydrogens is 275 g/mol. The van der Waals surface area contributed by atoms with Crippen molar-refractivity contribution < 1.29 is 9.31 Å². The molecule has 1 aromatic carbocycles. The van der Waals surface area contributed by atoms with Crippen LogP contribution in [0.2, 0.25) is 0 Å². The number of nitrogens with zero attached hydrogens (tertiary/aromatic N) is 3. The second-order valence-corrected chi connectivity index (χ2v) is 4.06. The molecule has 7 heteroatoms. The van der Waals surface area contributed by atoms with Crippen molar-refractivity contribution in [1.82, 2.24) is 4.98 Å². The van der Waals surface area contributed by atoms with E-state index in [1.807, 2.05) is 6.07 Å². The number of non-ortho nitro benzene ring substituents is 1. The number of benzene rings is 1. The van der Waals surface area contributed by atoms with E-state index in [1.54, 1.807) is 12.1 Å². The predicted molar refractivity (Wildman–Crippen MR) is 73.9 cm³/mol. The Morgan fingerprint density at radius 1 is 1.43 bits per heavy atom. The molecule has 0 radical (unpaired) electrons. The van der Waals surface area contributed by atoms with Crippen LogP contribution in [-0.4, -0.2) is 9.91 Å². The first-order valence-corrected chi connectivity index (χ1v) is 5.79. The molecule has 1 aromatic heterocycles. The number of rotatable bonds is 3. The van der Waals surface area contributed by atoms with Gasteiger partial charge in [0.1, 0.15) is 11.9 Å². The summed E-state index contributed by atoms with van der Waals surface area (Å²) < 4.78 is 13.9. The molecular formula is C14H9FN4O2. The second kappa shape index (κ2) is 5.79. The normalized spacial score (nSPS) is 11.4. The molecule has 0 saturated carbocycles. The van der Waals surface area contributed by atoms with Gasteiger partial charge in [-0.1, -0.05) is 6.07 Å². The van der Waals surface area contributed by atoms with Gasteiger partial charge in [-0.15, -0.1) is 0 Å². The molecule has 1 heterocycles. The zero-order chi connectivity index (χ0) is 15.4. The van der Waals surface area contributed by atoms with Crippen molar-refractivity contribution in [1.29, 1.82) is 5.26 Å². The van der Waals surface area contributed by atoms with Crippen LogP contribution in [0.4, 0.5) is 10.1 Å². The van der Waals surface area contributed by atoms with E-state index >= 15 is 0 Å². The highest BCUT2D eigenvalue weighted by atomic mass is 19.1. The summed E-state index contributed by atoms with van der Waals surface area (Å²) in [6, 6.07) is 8.20. The van der Waals surface area contributed by atoms with Gasteiger partial charge in [-0.3, -0.25) is 15.1 Å². The van der Waals surface area contributed by atoms with Crippen LogP contribution in [0.15, 0.2) is 42.7 Å². The number of nitrogens with two attached hydrogens (primary N) is 1. The highest BCUT2D eigenvalue weighted by Crippen LogP contribution is 2.25. The lowest BCUT2D eigenvalue weighted by Gasteiger charge is -2.07. The van der Waals surface area contributed by atoms with E-state index in [0.717, 1.165) is 12.1 Å². The van der Waals surface area contributed by atoms with Crippen LogP contribution in [0, 0.1) is 27.3 Å². The third kappa shape index (κ3) is 2.84. The molecule has 0 atom stereocenters. The molecule has 0 aliphatic heterocycles. The van der Waals surface area contributed by atoms with Gasteiger partial charge in [0.25, 0.3) is 5.69 Å². The molecule has 2 aromatic rings. The van der Waals surface area contributed by atoms with Crippen LogP contribution in [0.3, 0.4) is 0 Å². The zero-order valence-corrected chi connectivity index (χ0v) is 10.7. The van der Waals surface area contributed by atoms with Crippen molar-refractivity contribution in [2.75, 3.05) is 0 Å². The summed E-state index contributed by atoms with van der Waals surface area (Å²) in [5.74, 6) is -0.863. The van der Waals surface area contributed by atoms with Gasteiger partial charge in [0, 0.05) is 29.6 Å². The minimum Gasteiger partial charge on any atom is -0.397 e. The van der Waals surface area contributed by atoms with Crippen LogP contribution in [-0.2, 0) is 0 Å². The molecule has 0 aliphatic carbocycles. The van der Waals surface area contributed by atoms with E-state index in [-0.39, 0.29) is 22.5 Å². The smallest absolute Gasteiger partial charge is 0.272 e. The first kappa shape index (κ1) is 14.1. The van der Waals surface area contributed by atoms with E-state index in [4.69, 9.17) is 5.73 Å². The predicted octanol–water partition coefficient (Wildman–Crippen LogP) is 2.48. The number of halogens is 1. The first-order chi connectivity index (χ1) is 10.0. The summed E-state index contributed by atoms with van der Waals surface area (Å²) in [7, 11) is 0. The number of nitriles is 1. The maximum absolute atomic E-state index is 13.9. The number of allylic oxidation sites excluding steroid dienone is 1. The standard InChI is InChI=1S/C14H9FN4O2/c15-13-6-10(19(20)21)3-4-11(13)14(17)12(7-16)9-2-1-5-18-8-9/h1-6,8H,17H2/b14-12-. The zero-order valence-electron chi connectivity index (χ0n) is 10.7. The molecule has 0 amide bonds. The maximum Gasteiger partial charge on any atom is 0.272 e.